The molecule has 0 aliphatic carbocycles. The molecule has 2 atom stereocenters. The van der Waals surface area contributed by atoms with Crippen molar-refractivity contribution in [1.29, 1.82) is 5.26 Å². The molecule has 7 nitrogen and oxygen atoms in total. The van der Waals surface area contributed by atoms with Gasteiger partial charge in [0.15, 0.2) is 0 Å². The maximum Gasteiger partial charge on any atom is 0.270 e. The zero-order chi connectivity index (χ0) is 25.2. The van der Waals surface area contributed by atoms with Crippen LogP contribution < -0.4 is 15.4 Å². The highest BCUT2D eigenvalue weighted by molar-refractivity contribution is 5.99. The quantitative estimate of drug-likeness (QED) is 0.473. The van der Waals surface area contributed by atoms with Crippen molar-refractivity contribution in [2.24, 2.45) is 0 Å². The van der Waals surface area contributed by atoms with Crippen LogP contribution >= 0.6 is 0 Å². The van der Waals surface area contributed by atoms with E-state index in [2.05, 4.69) is 35.2 Å². The number of methoxy groups -OCH3 is 1. The molecule has 184 valence electrons. The highest BCUT2D eigenvalue weighted by atomic mass is 16.5. The Labute approximate surface area is 211 Å². The van der Waals surface area contributed by atoms with Gasteiger partial charge in [-0.1, -0.05) is 30.8 Å². The fourth-order valence-electron chi connectivity index (χ4n) is 5.56. The van der Waals surface area contributed by atoms with Gasteiger partial charge in [0.25, 0.3) is 5.91 Å². The van der Waals surface area contributed by atoms with Gasteiger partial charge in [0.05, 0.1) is 24.6 Å². The summed E-state index contributed by atoms with van der Waals surface area (Å²) in [5.41, 5.74) is 3.27. The number of benzene rings is 2. The van der Waals surface area contributed by atoms with Gasteiger partial charge < -0.3 is 20.3 Å². The fourth-order valence-corrected chi connectivity index (χ4v) is 5.56. The number of carbonyl (C=O) groups excluding carboxylic acids is 1. The Morgan fingerprint density at radius 1 is 1.19 bits per heavy atom. The number of nitriles is 1. The molecule has 2 bridgehead atoms. The van der Waals surface area contributed by atoms with Crippen LogP contribution in [0.15, 0.2) is 60.7 Å². The summed E-state index contributed by atoms with van der Waals surface area (Å²) >= 11 is 0. The number of hydrogen-bond donors (Lipinski definition) is 2. The monoisotopic (exact) mass is 481 g/mol. The standard InChI is InChI=1S/C29H31N5O2/c1-18(16-30)17-31-28-24-13-20(8-7-19(24)9-12-27(28)36-3)25-5-4-6-26(33-25)29(35)32-21-14-22-10-11-23(15-21)34(22)2/h4-9,12-13,21-23,31H,1,10-11,14-15,17H2,2-3H3,(H,32,35). The number of piperidine rings is 1. The van der Waals surface area contributed by atoms with E-state index in [0.717, 1.165) is 40.6 Å². The Morgan fingerprint density at radius 2 is 1.94 bits per heavy atom. The number of nitrogens with zero attached hydrogens (tertiary/aromatic N) is 3. The lowest BCUT2D eigenvalue weighted by atomic mass is 9.98. The third-order valence-electron chi connectivity index (χ3n) is 7.55. The highest BCUT2D eigenvalue weighted by Crippen LogP contribution is 2.36. The Hall–Kier alpha value is -3.89. The van der Waals surface area contributed by atoms with Crippen LogP contribution in [0.3, 0.4) is 0 Å². The van der Waals surface area contributed by atoms with Gasteiger partial charge in [0, 0.05) is 41.2 Å². The maximum atomic E-state index is 13.1. The first-order chi connectivity index (χ1) is 17.5. The Morgan fingerprint density at radius 3 is 2.67 bits per heavy atom. The van der Waals surface area contributed by atoms with E-state index in [0.29, 0.717) is 35.6 Å². The third kappa shape index (κ3) is 4.65. The molecule has 1 aromatic heterocycles. The van der Waals surface area contributed by atoms with Gasteiger partial charge in [-0.2, -0.15) is 5.26 Å². The number of hydrogen-bond acceptors (Lipinski definition) is 6. The number of carbonyl (C=O) groups is 1. The summed E-state index contributed by atoms with van der Waals surface area (Å²) < 4.78 is 5.57. The number of aromatic nitrogens is 1. The molecular weight excluding hydrogens is 450 g/mol. The van der Waals surface area contributed by atoms with Crippen LogP contribution in [0.1, 0.15) is 36.2 Å². The zero-order valence-electron chi connectivity index (χ0n) is 20.8. The minimum atomic E-state index is -0.120. The number of amides is 1. The average Bonchev–Trinajstić information content (AvgIpc) is 3.10. The summed E-state index contributed by atoms with van der Waals surface area (Å²) in [6.45, 7) is 4.08. The van der Waals surface area contributed by atoms with Gasteiger partial charge in [0.1, 0.15) is 11.4 Å². The van der Waals surface area contributed by atoms with E-state index in [1.54, 1.807) is 13.2 Å². The molecule has 2 aliphatic rings. The van der Waals surface area contributed by atoms with Crippen molar-refractivity contribution in [3.05, 3.63) is 66.4 Å². The van der Waals surface area contributed by atoms with E-state index < -0.39 is 0 Å². The second-order valence-electron chi connectivity index (χ2n) is 9.75. The van der Waals surface area contributed by atoms with E-state index in [4.69, 9.17) is 15.0 Å². The van der Waals surface area contributed by atoms with E-state index in [1.807, 2.05) is 42.5 Å². The van der Waals surface area contributed by atoms with Crippen LogP contribution in [0.5, 0.6) is 5.75 Å². The van der Waals surface area contributed by atoms with Crippen molar-refractivity contribution < 1.29 is 9.53 Å². The molecule has 3 heterocycles. The molecule has 5 rings (SSSR count). The fraction of sp³-hybridized carbons (Fsp3) is 0.345. The van der Waals surface area contributed by atoms with E-state index in [9.17, 15) is 4.79 Å². The molecule has 0 radical (unpaired) electrons. The topological polar surface area (TPSA) is 90.3 Å². The number of fused-ring (bicyclic) bond motifs is 3. The highest BCUT2D eigenvalue weighted by Gasteiger charge is 2.38. The van der Waals surface area contributed by atoms with E-state index >= 15 is 0 Å². The maximum absolute atomic E-state index is 13.1. The largest absolute Gasteiger partial charge is 0.495 e. The second-order valence-corrected chi connectivity index (χ2v) is 9.75. The number of pyridine rings is 1. The van der Waals surface area contributed by atoms with Crippen molar-refractivity contribution in [3.8, 4) is 23.1 Å². The molecule has 0 saturated carbocycles. The smallest absolute Gasteiger partial charge is 0.270 e. The molecule has 2 fully saturated rings. The van der Waals surface area contributed by atoms with Gasteiger partial charge in [0.2, 0.25) is 0 Å². The first-order valence-electron chi connectivity index (χ1n) is 12.4. The number of nitrogens with one attached hydrogen (secondary N) is 2. The summed E-state index contributed by atoms with van der Waals surface area (Å²) in [6.07, 6.45) is 4.43. The van der Waals surface area contributed by atoms with E-state index in [-0.39, 0.29) is 11.9 Å². The molecule has 2 N–H and O–H groups in total. The number of anilines is 1. The molecule has 2 aliphatic heterocycles. The van der Waals surface area contributed by atoms with Crippen molar-refractivity contribution in [2.45, 2.75) is 43.8 Å². The van der Waals surface area contributed by atoms with Gasteiger partial charge in [-0.3, -0.25) is 4.79 Å². The molecule has 2 unspecified atom stereocenters. The predicted octanol–water partition coefficient (Wildman–Crippen LogP) is 4.76. The van der Waals surface area contributed by atoms with Crippen molar-refractivity contribution in [2.75, 3.05) is 26.0 Å². The Kier molecular flexibility index (Phi) is 6.62. The summed E-state index contributed by atoms with van der Waals surface area (Å²) in [5.74, 6) is 0.559. The van der Waals surface area contributed by atoms with Crippen LogP contribution in [0.2, 0.25) is 0 Å². The van der Waals surface area contributed by atoms with Crippen molar-refractivity contribution in [3.63, 3.8) is 0 Å². The first kappa shape index (κ1) is 23.8. The van der Waals surface area contributed by atoms with Crippen molar-refractivity contribution >= 4 is 22.4 Å². The van der Waals surface area contributed by atoms with E-state index in [1.165, 1.54) is 12.8 Å². The Bertz CT molecular complexity index is 1350. The van der Waals surface area contributed by atoms with Gasteiger partial charge in [-0.25, -0.2) is 4.98 Å². The van der Waals surface area contributed by atoms with Gasteiger partial charge in [-0.05, 0) is 62.4 Å². The lowest BCUT2D eigenvalue weighted by Gasteiger charge is -2.36. The molecule has 36 heavy (non-hydrogen) atoms. The van der Waals surface area contributed by atoms with Crippen LogP contribution in [0, 0.1) is 11.3 Å². The summed E-state index contributed by atoms with van der Waals surface area (Å²) in [4.78, 5) is 20.3. The van der Waals surface area contributed by atoms with Crippen LogP contribution in [0.25, 0.3) is 22.0 Å². The number of ether oxygens (including phenoxy) is 1. The molecule has 0 spiro atoms. The normalized spacial score (nSPS) is 21.1. The Balaban J connectivity index is 1.40. The molecule has 7 heteroatoms. The lowest BCUT2D eigenvalue weighted by molar-refractivity contribution is 0.0877. The average molecular weight is 482 g/mol. The lowest BCUT2D eigenvalue weighted by Crippen LogP contribution is -2.48. The molecule has 2 saturated heterocycles. The van der Waals surface area contributed by atoms with Gasteiger partial charge in [-0.15, -0.1) is 0 Å². The summed E-state index contributed by atoms with van der Waals surface area (Å²) in [7, 11) is 3.82. The molecular formula is C29H31N5O2. The van der Waals surface area contributed by atoms with Crippen LogP contribution in [-0.2, 0) is 0 Å². The zero-order valence-corrected chi connectivity index (χ0v) is 20.8. The predicted molar refractivity (Wildman–Crippen MR) is 142 cm³/mol. The number of rotatable bonds is 7. The molecule has 3 aromatic rings. The first-order valence-corrected chi connectivity index (χ1v) is 12.4. The molecule has 2 aromatic carbocycles. The van der Waals surface area contributed by atoms with Crippen LogP contribution in [0.4, 0.5) is 5.69 Å². The summed E-state index contributed by atoms with van der Waals surface area (Å²) in [6, 6.07) is 18.9. The SMILES string of the molecule is C=C(C#N)CNc1c(OC)ccc2ccc(-c3cccc(C(=O)NC4CC5CCC(C4)N5C)n3)cc12. The minimum Gasteiger partial charge on any atom is -0.495 e. The van der Waals surface area contributed by atoms with Crippen LogP contribution in [-0.4, -0.2) is 54.6 Å². The van der Waals surface area contributed by atoms with Gasteiger partial charge >= 0.3 is 0 Å². The van der Waals surface area contributed by atoms with Crippen molar-refractivity contribution in [1.82, 2.24) is 15.2 Å². The second kappa shape index (κ2) is 10.00. The molecule has 1 amide bonds. The minimum absolute atomic E-state index is 0.120. The third-order valence-corrected chi connectivity index (χ3v) is 7.55. The summed E-state index contributed by atoms with van der Waals surface area (Å²) in [5, 5.41) is 17.6.